The van der Waals surface area contributed by atoms with Crippen molar-refractivity contribution in [2.24, 2.45) is 5.92 Å². The highest BCUT2D eigenvalue weighted by molar-refractivity contribution is 6.31. The van der Waals surface area contributed by atoms with Crippen molar-refractivity contribution < 1.29 is 9.18 Å². The van der Waals surface area contributed by atoms with Crippen LogP contribution in [0.1, 0.15) is 37.1 Å². The molecular weight excluding hydrogens is 412 g/mol. The van der Waals surface area contributed by atoms with Gasteiger partial charge in [0.05, 0.1) is 10.7 Å². The molecule has 1 heterocycles. The van der Waals surface area contributed by atoms with Gasteiger partial charge in [-0.2, -0.15) is 0 Å². The number of rotatable bonds is 6. The van der Waals surface area contributed by atoms with Gasteiger partial charge in [-0.1, -0.05) is 49.2 Å². The normalized spacial score (nSPS) is 11.1. The van der Waals surface area contributed by atoms with Crippen LogP contribution < -0.4 is 5.32 Å². The Kier molecular flexibility index (Phi) is 6.60. The fraction of sp³-hybridized carbons (Fsp3) is 0.273. The molecule has 0 spiro atoms. The molecule has 0 radical (unpaired) electrons. The third kappa shape index (κ3) is 4.46. The lowest BCUT2D eigenvalue weighted by Crippen LogP contribution is -2.24. The molecule has 7 heteroatoms. The van der Waals surface area contributed by atoms with Gasteiger partial charge in [0.25, 0.3) is 5.91 Å². The zero-order valence-electron chi connectivity index (χ0n) is 16.5. The number of carbonyl (C=O) groups excluding carboxylic acids is 1. The number of carbonyl (C=O) groups is 1. The molecule has 1 amide bonds. The molecule has 0 saturated heterocycles. The molecule has 29 heavy (non-hydrogen) atoms. The minimum atomic E-state index is -0.598. The third-order valence-electron chi connectivity index (χ3n) is 4.36. The largest absolute Gasteiger partial charge is 0.351 e. The van der Waals surface area contributed by atoms with Crippen molar-refractivity contribution in [2.45, 2.75) is 27.2 Å². The van der Waals surface area contributed by atoms with E-state index < -0.39 is 5.82 Å². The molecule has 0 bridgehead atoms. The standard InChI is InChI=1S/C22H22Cl2FN3O/c1-4-26-22(29)20-21(16-9-6-10-17(24)19(16)25)28(18(27-20)11-13(2)3)15-8-5-7-14(23)12-15/h5-10,12-13H,4,11H2,1-3H3,(H,26,29). The maximum atomic E-state index is 15.0. The number of amides is 1. The van der Waals surface area contributed by atoms with Gasteiger partial charge in [-0.3, -0.25) is 9.36 Å². The van der Waals surface area contributed by atoms with Crippen LogP contribution in [0.25, 0.3) is 16.9 Å². The van der Waals surface area contributed by atoms with E-state index in [1.807, 2.05) is 13.0 Å². The van der Waals surface area contributed by atoms with Gasteiger partial charge in [0.1, 0.15) is 5.82 Å². The van der Waals surface area contributed by atoms with E-state index in [4.69, 9.17) is 23.2 Å². The summed E-state index contributed by atoms with van der Waals surface area (Å²) in [5.41, 5.74) is 1.42. The van der Waals surface area contributed by atoms with E-state index >= 15 is 4.39 Å². The number of aromatic nitrogens is 2. The predicted octanol–water partition coefficient (Wildman–Crippen LogP) is 5.93. The topological polar surface area (TPSA) is 46.9 Å². The van der Waals surface area contributed by atoms with Gasteiger partial charge in [0, 0.05) is 29.2 Å². The molecule has 0 aliphatic heterocycles. The number of nitrogens with one attached hydrogen (secondary N) is 1. The van der Waals surface area contributed by atoms with E-state index in [0.717, 1.165) is 0 Å². The third-order valence-corrected chi connectivity index (χ3v) is 4.89. The van der Waals surface area contributed by atoms with E-state index in [9.17, 15) is 4.79 Å². The molecule has 4 nitrogen and oxygen atoms in total. The Labute approximate surface area is 179 Å². The van der Waals surface area contributed by atoms with E-state index in [1.165, 1.54) is 6.07 Å². The Bertz CT molecular complexity index is 1050. The molecule has 0 aliphatic carbocycles. The summed E-state index contributed by atoms with van der Waals surface area (Å²) in [6.45, 7) is 6.37. The zero-order valence-corrected chi connectivity index (χ0v) is 18.0. The van der Waals surface area contributed by atoms with Crippen LogP contribution in [0.4, 0.5) is 4.39 Å². The summed E-state index contributed by atoms with van der Waals surface area (Å²) >= 11 is 12.3. The number of imidazole rings is 1. The summed E-state index contributed by atoms with van der Waals surface area (Å²) < 4.78 is 16.8. The first kappa shape index (κ1) is 21.3. The van der Waals surface area contributed by atoms with Gasteiger partial charge in [0.15, 0.2) is 11.5 Å². The van der Waals surface area contributed by atoms with Gasteiger partial charge < -0.3 is 5.32 Å². The lowest BCUT2D eigenvalue weighted by Gasteiger charge is -2.15. The molecule has 0 fully saturated rings. The van der Waals surface area contributed by atoms with E-state index in [1.54, 1.807) is 34.9 Å². The summed E-state index contributed by atoms with van der Waals surface area (Å²) in [5.74, 6) is -0.0426. The highest BCUT2D eigenvalue weighted by Crippen LogP contribution is 2.34. The SMILES string of the molecule is CCNC(=O)c1nc(CC(C)C)n(-c2cccc(Cl)c2)c1-c1cccc(Cl)c1F. The highest BCUT2D eigenvalue weighted by atomic mass is 35.5. The minimum absolute atomic E-state index is 0.0198. The summed E-state index contributed by atoms with van der Waals surface area (Å²) in [5, 5.41) is 3.28. The van der Waals surface area contributed by atoms with Gasteiger partial charge in [-0.05, 0) is 43.2 Å². The van der Waals surface area contributed by atoms with Gasteiger partial charge in [-0.15, -0.1) is 0 Å². The van der Waals surface area contributed by atoms with Crippen molar-refractivity contribution >= 4 is 29.1 Å². The van der Waals surface area contributed by atoms with Crippen LogP contribution in [-0.4, -0.2) is 22.0 Å². The van der Waals surface area contributed by atoms with E-state index in [-0.39, 0.29) is 28.1 Å². The number of nitrogens with zero attached hydrogens (tertiary/aromatic N) is 2. The summed E-state index contributed by atoms with van der Waals surface area (Å²) in [7, 11) is 0. The molecule has 0 unspecified atom stereocenters. The number of halogens is 3. The van der Waals surface area contributed by atoms with Crippen LogP contribution in [0.3, 0.4) is 0 Å². The molecule has 2 aromatic carbocycles. The predicted molar refractivity (Wildman–Crippen MR) is 116 cm³/mol. The van der Waals surface area contributed by atoms with Gasteiger partial charge in [0.2, 0.25) is 0 Å². The lowest BCUT2D eigenvalue weighted by atomic mass is 10.1. The smallest absolute Gasteiger partial charge is 0.272 e. The number of benzene rings is 2. The fourth-order valence-electron chi connectivity index (χ4n) is 3.20. The molecule has 1 N–H and O–H groups in total. The first-order chi connectivity index (χ1) is 13.8. The van der Waals surface area contributed by atoms with Crippen LogP contribution in [0.15, 0.2) is 42.5 Å². The highest BCUT2D eigenvalue weighted by Gasteiger charge is 2.27. The van der Waals surface area contributed by atoms with Crippen molar-refractivity contribution in [2.75, 3.05) is 6.54 Å². The number of hydrogen-bond acceptors (Lipinski definition) is 2. The van der Waals surface area contributed by atoms with E-state index in [2.05, 4.69) is 24.1 Å². The average molecular weight is 434 g/mol. The van der Waals surface area contributed by atoms with Crippen molar-refractivity contribution in [1.82, 2.24) is 14.9 Å². The molecule has 0 saturated carbocycles. The Morgan fingerprint density at radius 2 is 1.93 bits per heavy atom. The lowest BCUT2D eigenvalue weighted by molar-refractivity contribution is 0.0952. The van der Waals surface area contributed by atoms with Crippen LogP contribution in [-0.2, 0) is 6.42 Å². The van der Waals surface area contributed by atoms with Crippen molar-refractivity contribution in [3.63, 3.8) is 0 Å². The number of hydrogen-bond donors (Lipinski definition) is 1. The minimum Gasteiger partial charge on any atom is -0.351 e. The fourth-order valence-corrected chi connectivity index (χ4v) is 3.56. The summed E-state index contributed by atoms with van der Waals surface area (Å²) in [6.07, 6.45) is 0.598. The molecule has 3 aromatic rings. The first-order valence-corrected chi connectivity index (χ1v) is 10.2. The van der Waals surface area contributed by atoms with Crippen LogP contribution in [0.2, 0.25) is 10.0 Å². The van der Waals surface area contributed by atoms with Crippen LogP contribution in [0, 0.1) is 11.7 Å². The maximum absolute atomic E-state index is 15.0. The maximum Gasteiger partial charge on any atom is 0.272 e. The average Bonchev–Trinajstić information content (AvgIpc) is 3.02. The van der Waals surface area contributed by atoms with Crippen LogP contribution >= 0.6 is 23.2 Å². The van der Waals surface area contributed by atoms with Crippen molar-refractivity contribution in [3.05, 3.63) is 69.8 Å². The second kappa shape index (κ2) is 8.97. The van der Waals surface area contributed by atoms with Gasteiger partial charge >= 0.3 is 0 Å². The Morgan fingerprint density at radius 1 is 1.21 bits per heavy atom. The second-order valence-electron chi connectivity index (χ2n) is 7.10. The molecular formula is C22H22Cl2FN3O. The van der Waals surface area contributed by atoms with Crippen molar-refractivity contribution in [3.8, 4) is 16.9 Å². The molecule has 0 aliphatic rings. The Morgan fingerprint density at radius 3 is 2.59 bits per heavy atom. The molecule has 1 aromatic heterocycles. The van der Waals surface area contributed by atoms with E-state index in [0.29, 0.717) is 35.2 Å². The van der Waals surface area contributed by atoms with Crippen LogP contribution in [0.5, 0.6) is 0 Å². The molecule has 152 valence electrons. The second-order valence-corrected chi connectivity index (χ2v) is 7.94. The zero-order chi connectivity index (χ0) is 21.1. The summed E-state index contributed by atoms with van der Waals surface area (Å²) in [6, 6.07) is 11.9. The monoisotopic (exact) mass is 433 g/mol. The van der Waals surface area contributed by atoms with Gasteiger partial charge in [-0.25, -0.2) is 9.37 Å². The molecule has 3 rings (SSSR count). The molecule has 0 atom stereocenters. The quantitative estimate of drug-likeness (QED) is 0.523. The Hall–Kier alpha value is -2.37. The first-order valence-electron chi connectivity index (χ1n) is 9.43. The summed E-state index contributed by atoms with van der Waals surface area (Å²) in [4.78, 5) is 17.4. The van der Waals surface area contributed by atoms with Crippen molar-refractivity contribution in [1.29, 1.82) is 0 Å². The Balaban J connectivity index is 2.39.